The smallest absolute Gasteiger partial charge is 0.257 e. The molecule has 2 heterocycles. The Hall–Kier alpha value is -1.85. The fourth-order valence-electron chi connectivity index (χ4n) is 2.94. The largest absolute Gasteiger partial charge is 0.381 e. The number of amides is 1. The SMILES string of the molecule is CCOCC1CCN(C(=O)c2cnn(-c3ccc(Cl)cc3)c2)CC1. The maximum absolute atomic E-state index is 12.6. The second kappa shape index (κ2) is 7.81. The highest BCUT2D eigenvalue weighted by molar-refractivity contribution is 6.30. The molecule has 0 atom stereocenters. The molecule has 2 aromatic rings. The van der Waals surface area contributed by atoms with Crippen molar-refractivity contribution in [3.05, 3.63) is 47.2 Å². The van der Waals surface area contributed by atoms with E-state index in [-0.39, 0.29) is 5.91 Å². The van der Waals surface area contributed by atoms with Crippen LogP contribution in [0.3, 0.4) is 0 Å². The van der Waals surface area contributed by atoms with E-state index in [9.17, 15) is 4.79 Å². The summed E-state index contributed by atoms with van der Waals surface area (Å²) in [7, 11) is 0. The molecule has 1 saturated heterocycles. The highest BCUT2D eigenvalue weighted by Gasteiger charge is 2.24. The molecule has 24 heavy (non-hydrogen) atoms. The van der Waals surface area contributed by atoms with Gasteiger partial charge in [-0.3, -0.25) is 4.79 Å². The maximum atomic E-state index is 12.6. The van der Waals surface area contributed by atoms with E-state index in [4.69, 9.17) is 16.3 Å². The molecule has 1 amide bonds. The number of halogens is 1. The number of benzene rings is 1. The van der Waals surface area contributed by atoms with Crippen LogP contribution in [-0.2, 0) is 4.74 Å². The topological polar surface area (TPSA) is 47.4 Å². The lowest BCUT2D eigenvalue weighted by atomic mass is 9.97. The summed E-state index contributed by atoms with van der Waals surface area (Å²) in [5.74, 6) is 0.607. The zero-order valence-corrected chi connectivity index (χ0v) is 14.6. The van der Waals surface area contributed by atoms with E-state index in [1.807, 2.05) is 36.1 Å². The second-order valence-corrected chi connectivity index (χ2v) is 6.48. The number of ether oxygens (including phenoxy) is 1. The number of hydrogen-bond donors (Lipinski definition) is 0. The Labute approximate surface area is 147 Å². The number of aromatic nitrogens is 2. The molecule has 6 heteroatoms. The number of piperidine rings is 1. The third-order valence-corrected chi connectivity index (χ3v) is 4.63. The van der Waals surface area contributed by atoms with Gasteiger partial charge in [-0.2, -0.15) is 5.10 Å². The zero-order valence-electron chi connectivity index (χ0n) is 13.8. The van der Waals surface area contributed by atoms with E-state index >= 15 is 0 Å². The van der Waals surface area contributed by atoms with Gasteiger partial charge in [-0.25, -0.2) is 4.68 Å². The van der Waals surface area contributed by atoms with Gasteiger partial charge in [-0.1, -0.05) is 11.6 Å². The van der Waals surface area contributed by atoms with Crippen molar-refractivity contribution in [3.63, 3.8) is 0 Å². The summed E-state index contributed by atoms with van der Waals surface area (Å²) >= 11 is 5.90. The van der Waals surface area contributed by atoms with Crippen molar-refractivity contribution in [1.82, 2.24) is 14.7 Å². The molecule has 1 aliphatic rings. The van der Waals surface area contributed by atoms with Crippen LogP contribution < -0.4 is 0 Å². The normalized spacial score (nSPS) is 15.7. The van der Waals surface area contributed by atoms with E-state index in [1.54, 1.807) is 17.1 Å². The second-order valence-electron chi connectivity index (χ2n) is 6.05. The van der Waals surface area contributed by atoms with Crippen LogP contribution >= 0.6 is 11.6 Å². The van der Waals surface area contributed by atoms with Crippen molar-refractivity contribution in [2.45, 2.75) is 19.8 Å². The summed E-state index contributed by atoms with van der Waals surface area (Å²) < 4.78 is 7.19. The summed E-state index contributed by atoms with van der Waals surface area (Å²) in [5.41, 5.74) is 1.50. The summed E-state index contributed by atoms with van der Waals surface area (Å²) in [4.78, 5) is 14.5. The number of nitrogens with zero attached hydrogens (tertiary/aromatic N) is 3. The molecule has 1 aliphatic heterocycles. The van der Waals surface area contributed by atoms with Gasteiger partial charge in [-0.15, -0.1) is 0 Å². The summed E-state index contributed by atoms with van der Waals surface area (Å²) in [5, 5.41) is 4.97. The van der Waals surface area contributed by atoms with E-state index in [0.29, 0.717) is 16.5 Å². The van der Waals surface area contributed by atoms with Gasteiger partial charge in [0.1, 0.15) is 0 Å². The van der Waals surface area contributed by atoms with Crippen molar-refractivity contribution >= 4 is 17.5 Å². The molecule has 0 bridgehead atoms. The van der Waals surface area contributed by atoms with Crippen molar-refractivity contribution in [2.24, 2.45) is 5.92 Å². The van der Waals surface area contributed by atoms with Crippen molar-refractivity contribution in [3.8, 4) is 5.69 Å². The van der Waals surface area contributed by atoms with Crippen molar-refractivity contribution < 1.29 is 9.53 Å². The maximum Gasteiger partial charge on any atom is 0.257 e. The van der Waals surface area contributed by atoms with Crippen LogP contribution in [0.4, 0.5) is 0 Å². The fourth-order valence-corrected chi connectivity index (χ4v) is 3.06. The van der Waals surface area contributed by atoms with Crippen LogP contribution in [0, 0.1) is 5.92 Å². The minimum atomic E-state index is 0.0464. The quantitative estimate of drug-likeness (QED) is 0.832. The molecule has 1 aromatic carbocycles. The van der Waals surface area contributed by atoms with Gasteiger partial charge in [-0.05, 0) is 49.9 Å². The molecule has 128 valence electrons. The van der Waals surface area contributed by atoms with Crippen LogP contribution in [0.25, 0.3) is 5.69 Å². The average Bonchev–Trinajstić information content (AvgIpc) is 3.10. The predicted octanol–water partition coefficient (Wildman–Crippen LogP) is 3.41. The van der Waals surface area contributed by atoms with Crippen LogP contribution in [-0.4, -0.2) is 46.9 Å². The molecule has 0 unspecified atom stereocenters. The molecular formula is C18H22ClN3O2. The summed E-state index contributed by atoms with van der Waals surface area (Å²) in [6.45, 7) is 5.12. The number of likely N-dealkylation sites (tertiary alicyclic amines) is 1. The molecule has 0 N–H and O–H groups in total. The molecule has 0 spiro atoms. The van der Waals surface area contributed by atoms with Crippen molar-refractivity contribution in [2.75, 3.05) is 26.3 Å². The van der Waals surface area contributed by atoms with Gasteiger partial charge in [0.2, 0.25) is 0 Å². The van der Waals surface area contributed by atoms with Gasteiger partial charge in [0.05, 0.1) is 17.4 Å². The minimum Gasteiger partial charge on any atom is -0.381 e. The van der Waals surface area contributed by atoms with Gasteiger partial charge in [0.15, 0.2) is 0 Å². The number of hydrogen-bond acceptors (Lipinski definition) is 3. The van der Waals surface area contributed by atoms with Crippen LogP contribution in [0.5, 0.6) is 0 Å². The fraction of sp³-hybridized carbons (Fsp3) is 0.444. The van der Waals surface area contributed by atoms with Crippen LogP contribution in [0.15, 0.2) is 36.7 Å². The Morgan fingerprint density at radius 1 is 1.29 bits per heavy atom. The van der Waals surface area contributed by atoms with E-state index in [0.717, 1.165) is 44.8 Å². The monoisotopic (exact) mass is 347 g/mol. The molecular weight excluding hydrogens is 326 g/mol. The number of carbonyl (C=O) groups is 1. The first-order chi connectivity index (χ1) is 11.7. The van der Waals surface area contributed by atoms with Gasteiger partial charge in [0.25, 0.3) is 5.91 Å². The van der Waals surface area contributed by atoms with Crippen LogP contribution in [0.1, 0.15) is 30.1 Å². The van der Waals surface area contributed by atoms with Gasteiger partial charge in [0, 0.05) is 37.5 Å². The van der Waals surface area contributed by atoms with Gasteiger partial charge >= 0.3 is 0 Å². The lowest BCUT2D eigenvalue weighted by Gasteiger charge is -2.31. The molecule has 5 nitrogen and oxygen atoms in total. The Bertz CT molecular complexity index is 676. The minimum absolute atomic E-state index is 0.0464. The Kier molecular flexibility index (Phi) is 5.53. The number of carbonyl (C=O) groups excluding carboxylic acids is 1. The average molecular weight is 348 g/mol. The molecule has 1 aromatic heterocycles. The molecule has 0 aliphatic carbocycles. The standard InChI is InChI=1S/C18H22ClN3O2/c1-2-24-13-14-7-9-21(10-8-14)18(23)15-11-20-22(12-15)17-5-3-16(19)4-6-17/h3-6,11-12,14H,2,7-10,13H2,1H3. The Balaban J connectivity index is 1.61. The first kappa shape index (κ1) is 17.0. The van der Waals surface area contributed by atoms with E-state index < -0.39 is 0 Å². The first-order valence-electron chi connectivity index (χ1n) is 8.35. The molecule has 0 saturated carbocycles. The molecule has 3 rings (SSSR count). The third-order valence-electron chi connectivity index (χ3n) is 4.38. The number of rotatable bonds is 5. The molecule has 0 radical (unpaired) electrons. The highest BCUT2D eigenvalue weighted by atomic mass is 35.5. The van der Waals surface area contributed by atoms with Crippen molar-refractivity contribution in [1.29, 1.82) is 0 Å². The van der Waals surface area contributed by atoms with E-state index in [2.05, 4.69) is 5.10 Å². The first-order valence-corrected chi connectivity index (χ1v) is 8.73. The Morgan fingerprint density at radius 3 is 2.67 bits per heavy atom. The lowest BCUT2D eigenvalue weighted by molar-refractivity contribution is 0.0551. The highest BCUT2D eigenvalue weighted by Crippen LogP contribution is 2.20. The zero-order chi connectivity index (χ0) is 16.9. The molecule has 1 fully saturated rings. The lowest BCUT2D eigenvalue weighted by Crippen LogP contribution is -2.39. The van der Waals surface area contributed by atoms with Gasteiger partial charge < -0.3 is 9.64 Å². The summed E-state index contributed by atoms with van der Waals surface area (Å²) in [6.07, 6.45) is 5.40. The third kappa shape index (κ3) is 3.97. The van der Waals surface area contributed by atoms with E-state index in [1.165, 1.54) is 0 Å². The summed E-state index contributed by atoms with van der Waals surface area (Å²) in [6, 6.07) is 7.37. The predicted molar refractivity (Wildman–Crippen MR) is 93.7 cm³/mol. The van der Waals surface area contributed by atoms with Crippen LogP contribution in [0.2, 0.25) is 5.02 Å². The Morgan fingerprint density at radius 2 is 2.00 bits per heavy atom.